The highest BCUT2D eigenvalue weighted by atomic mass is 19.1. The van der Waals surface area contributed by atoms with E-state index < -0.39 is 11.6 Å². The van der Waals surface area contributed by atoms with Crippen molar-refractivity contribution in [3.63, 3.8) is 0 Å². The molecule has 3 N–H and O–H groups in total. The van der Waals surface area contributed by atoms with Gasteiger partial charge in [-0.3, -0.25) is 4.68 Å². The summed E-state index contributed by atoms with van der Waals surface area (Å²) in [6.07, 6.45) is 2.33. The molecule has 2 aromatic rings. The fraction of sp³-hybridized carbons (Fsp3) is 0.273. The van der Waals surface area contributed by atoms with E-state index in [0.29, 0.717) is 13.0 Å². The van der Waals surface area contributed by atoms with E-state index in [2.05, 4.69) is 15.4 Å². The van der Waals surface area contributed by atoms with Gasteiger partial charge in [0.1, 0.15) is 0 Å². The summed E-state index contributed by atoms with van der Waals surface area (Å²) in [5.41, 5.74) is 6.27. The fourth-order valence-electron chi connectivity index (χ4n) is 1.56. The fourth-order valence-corrected chi connectivity index (χ4v) is 1.56. The summed E-state index contributed by atoms with van der Waals surface area (Å²) in [6.45, 7) is 0.453. The van der Waals surface area contributed by atoms with Crippen LogP contribution >= 0.6 is 0 Å². The Bertz CT molecular complexity index is 552. The molecule has 0 saturated heterocycles. The van der Waals surface area contributed by atoms with E-state index in [-0.39, 0.29) is 11.6 Å². The number of hydrogen-bond donors (Lipinski definition) is 2. The average molecular weight is 253 g/mol. The van der Waals surface area contributed by atoms with E-state index >= 15 is 0 Å². The third-order valence-corrected chi connectivity index (χ3v) is 2.55. The highest BCUT2D eigenvalue weighted by Gasteiger charge is 2.09. The molecule has 0 spiro atoms. The molecule has 96 valence electrons. The molecule has 0 amide bonds. The van der Waals surface area contributed by atoms with Crippen LogP contribution in [0.5, 0.6) is 0 Å². The zero-order valence-electron chi connectivity index (χ0n) is 9.82. The maximum atomic E-state index is 13.3. The number of nitrogens with zero attached hydrogens (tertiary/aromatic N) is 3. The highest BCUT2D eigenvalue weighted by molar-refractivity contribution is 5.44. The monoisotopic (exact) mass is 253 g/mol. The summed E-state index contributed by atoms with van der Waals surface area (Å²) in [5, 5.41) is 6.79. The number of nitrogens with one attached hydrogen (secondary N) is 1. The molecule has 0 aliphatic rings. The largest absolute Gasteiger partial charge is 0.381 e. The molecule has 0 aliphatic carbocycles. The Hall–Kier alpha value is -2.18. The lowest BCUT2D eigenvalue weighted by atomic mass is 10.3. The molecule has 2 heterocycles. The molecule has 7 heteroatoms. The summed E-state index contributed by atoms with van der Waals surface area (Å²) in [7, 11) is 1.82. The summed E-state index contributed by atoms with van der Waals surface area (Å²) >= 11 is 0. The van der Waals surface area contributed by atoms with Crippen LogP contribution in [0.25, 0.3) is 0 Å². The molecule has 0 aromatic carbocycles. The van der Waals surface area contributed by atoms with Gasteiger partial charge in [-0.25, -0.2) is 13.8 Å². The molecule has 2 rings (SSSR count). The van der Waals surface area contributed by atoms with E-state index in [4.69, 9.17) is 5.73 Å². The molecule has 0 bridgehead atoms. The second-order valence-corrected chi connectivity index (χ2v) is 3.81. The SMILES string of the molecule is Cn1nccc1CCNc1nc(N)c(F)cc1F. The van der Waals surface area contributed by atoms with Gasteiger partial charge in [0.2, 0.25) is 0 Å². The zero-order valence-corrected chi connectivity index (χ0v) is 9.82. The van der Waals surface area contributed by atoms with Crippen molar-refractivity contribution in [2.75, 3.05) is 17.6 Å². The second-order valence-electron chi connectivity index (χ2n) is 3.81. The van der Waals surface area contributed by atoms with Crippen LogP contribution in [0.2, 0.25) is 0 Å². The molecular formula is C11H13F2N5. The lowest BCUT2D eigenvalue weighted by Crippen LogP contribution is -2.11. The predicted octanol–water partition coefficient (Wildman–Crippen LogP) is 1.33. The summed E-state index contributed by atoms with van der Waals surface area (Å²) in [4.78, 5) is 3.61. The van der Waals surface area contributed by atoms with Gasteiger partial charge in [0.05, 0.1) is 0 Å². The van der Waals surface area contributed by atoms with Crippen molar-refractivity contribution in [3.05, 3.63) is 35.7 Å². The highest BCUT2D eigenvalue weighted by Crippen LogP contribution is 2.16. The number of nitrogens with two attached hydrogens (primary N) is 1. The maximum Gasteiger partial charge on any atom is 0.168 e. The molecule has 0 fully saturated rings. The Labute approximate surface area is 103 Å². The van der Waals surface area contributed by atoms with Gasteiger partial charge >= 0.3 is 0 Å². The Morgan fingerprint density at radius 1 is 1.39 bits per heavy atom. The number of aryl methyl sites for hydroxylation is 1. The van der Waals surface area contributed by atoms with Crippen LogP contribution in [0.3, 0.4) is 0 Å². The maximum absolute atomic E-state index is 13.3. The van der Waals surface area contributed by atoms with Gasteiger partial charge in [0.15, 0.2) is 23.3 Å². The predicted molar refractivity (Wildman–Crippen MR) is 64.0 cm³/mol. The van der Waals surface area contributed by atoms with Crippen LogP contribution in [0.15, 0.2) is 18.3 Å². The zero-order chi connectivity index (χ0) is 13.1. The van der Waals surface area contributed by atoms with E-state index in [9.17, 15) is 8.78 Å². The summed E-state index contributed by atoms with van der Waals surface area (Å²) in [6, 6.07) is 2.58. The van der Waals surface area contributed by atoms with E-state index in [1.165, 1.54) is 0 Å². The molecule has 5 nitrogen and oxygen atoms in total. The number of aromatic nitrogens is 3. The molecule has 2 aromatic heterocycles. The quantitative estimate of drug-likeness (QED) is 0.862. The van der Waals surface area contributed by atoms with E-state index in [1.54, 1.807) is 10.9 Å². The number of anilines is 2. The molecular weight excluding hydrogens is 240 g/mol. The van der Waals surface area contributed by atoms with E-state index in [0.717, 1.165) is 11.8 Å². The van der Waals surface area contributed by atoms with Crippen molar-refractivity contribution < 1.29 is 8.78 Å². The molecule has 0 atom stereocenters. The van der Waals surface area contributed by atoms with Crippen LogP contribution in [-0.2, 0) is 13.5 Å². The van der Waals surface area contributed by atoms with Crippen molar-refractivity contribution in [1.82, 2.24) is 14.8 Å². The Morgan fingerprint density at radius 3 is 2.83 bits per heavy atom. The van der Waals surface area contributed by atoms with Gasteiger partial charge in [-0.1, -0.05) is 0 Å². The molecule has 0 aliphatic heterocycles. The molecule has 0 radical (unpaired) electrons. The summed E-state index contributed by atoms with van der Waals surface area (Å²) in [5.74, 6) is -1.98. The van der Waals surface area contributed by atoms with Crippen molar-refractivity contribution in [2.45, 2.75) is 6.42 Å². The summed E-state index contributed by atoms with van der Waals surface area (Å²) < 4.78 is 28.0. The number of halogens is 2. The minimum absolute atomic E-state index is 0.0453. The topological polar surface area (TPSA) is 68.8 Å². The van der Waals surface area contributed by atoms with Crippen molar-refractivity contribution >= 4 is 11.6 Å². The molecule has 0 unspecified atom stereocenters. The van der Waals surface area contributed by atoms with Crippen LogP contribution in [-0.4, -0.2) is 21.3 Å². The van der Waals surface area contributed by atoms with Crippen LogP contribution in [0.1, 0.15) is 5.69 Å². The Kier molecular flexibility index (Phi) is 3.40. The average Bonchev–Trinajstić information content (AvgIpc) is 2.72. The number of hydrogen-bond acceptors (Lipinski definition) is 4. The Morgan fingerprint density at radius 2 is 2.17 bits per heavy atom. The third-order valence-electron chi connectivity index (χ3n) is 2.55. The first-order valence-corrected chi connectivity index (χ1v) is 5.40. The van der Waals surface area contributed by atoms with Gasteiger partial charge in [-0.15, -0.1) is 0 Å². The number of pyridine rings is 1. The van der Waals surface area contributed by atoms with Crippen molar-refractivity contribution in [3.8, 4) is 0 Å². The molecule has 18 heavy (non-hydrogen) atoms. The smallest absolute Gasteiger partial charge is 0.168 e. The Balaban J connectivity index is 1.99. The van der Waals surface area contributed by atoms with E-state index in [1.807, 2.05) is 13.1 Å². The third kappa shape index (κ3) is 2.55. The first kappa shape index (κ1) is 12.3. The minimum Gasteiger partial charge on any atom is -0.381 e. The number of nitrogen functional groups attached to an aromatic ring is 1. The van der Waals surface area contributed by atoms with Crippen molar-refractivity contribution in [2.24, 2.45) is 7.05 Å². The normalized spacial score (nSPS) is 10.6. The van der Waals surface area contributed by atoms with Gasteiger partial charge in [-0.05, 0) is 6.07 Å². The van der Waals surface area contributed by atoms with Gasteiger partial charge in [0.25, 0.3) is 0 Å². The lowest BCUT2D eigenvalue weighted by Gasteiger charge is -2.08. The van der Waals surface area contributed by atoms with Crippen LogP contribution < -0.4 is 11.1 Å². The van der Waals surface area contributed by atoms with Gasteiger partial charge in [0, 0.05) is 38.0 Å². The van der Waals surface area contributed by atoms with Gasteiger partial charge < -0.3 is 11.1 Å². The number of rotatable bonds is 4. The van der Waals surface area contributed by atoms with Crippen LogP contribution in [0, 0.1) is 11.6 Å². The van der Waals surface area contributed by atoms with Crippen molar-refractivity contribution in [1.29, 1.82) is 0 Å². The second kappa shape index (κ2) is 4.99. The molecule has 0 saturated carbocycles. The minimum atomic E-state index is -0.857. The standard InChI is InChI=1S/C11H13F2N5/c1-18-7(3-5-16-18)2-4-15-11-9(13)6-8(12)10(14)17-11/h3,5-6H,2,4H2,1H3,(H3,14,15,17). The lowest BCUT2D eigenvalue weighted by molar-refractivity contribution is 0.579. The van der Waals surface area contributed by atoms with Crippen LogP contribution in [0.4, 0.5) is 20.4 Å². The van der Waals surface area contributed by atoms with Gasteiger partial charge in [-0.2, -0.15) is 5.10 Å². The first-order valence-electron chi connectivity index (χ1n) is 5.40. The first-order chi connectivity index (χ1) is 8.58.